The minimum Gasteiger partial charge on any atom is -0.338 e. The maximum atomic E-state index is 13.7. The standard InChI is InChI=1S/C22H25F2N7O4/c1-2-16-18(30-35-29-16)21(34)28-17(13-5-7-22(23,24)8-6-13)20(33)27-15-10-26-31(12-15)11-14-4-3-9-25-19(14)32/h3-4,9-10,12-13,17H,2,5-8,11H2,1H3,(H,25,32)(H,27,33)(H,28,34)/t17-/m0/s1. The summed E-state index contributed by atoms with van der Waals surface area (Å²) in [7, 11) is 0. The van der Waals surface area contributed by atoms with Crippen LogP contribution in [0.3, 0.4) is 0 Å². The molecule has 1 fully saturated rings. The highest BCUT2D eigenvalue weighted by atomic mass is 19.3. The fourth-order valence-corrected chi connectivity index (χ4v) is 4.10. The van der Waals surface area contributed by atoms with Gasteiger partial charge in [-0.25, -0.2) is 13.4 Å². The van der Waals surface area contributed by atoms with Gasteiger partial charge in [-0.1, -0.05) is 18.1 Å². The van der Waals surface area contributed by atoms with E-state index in [2.05, 4.69) is 35.7 Å². The Kier molecular flexibility index (Phi) is 7.03. The first-order valence-corrected chi connectivity index (χ1v) is 11.3. The number of hydrogen-bond acceptors (Lipinski definition) is 7. The SMILES string of the molecule is CCc1nonc1C(=O)N[C@H](C(=O)Nc1cnn(Cc2ccc[nH]c2=O)c1)C1CCC(F)(F)CC1. The van der Waals surface area contributed by atoms with Crippen molar-refractivity contribution in [3.63, 3.8) is 0 Å². The Hall–Kier alpha value is -3.90. The molecule has 0 aliphatic heterocycles. The number of alkyl halides is 2. The molecule has 0 aromatic carbocycles. The Labute approximate surface area is 198 Å². The van der Waals surface area contributed by atoms with Crippen molar-refractivity contribution in [3.8, 4) is 0 Å². The highest BCUT2D eigenvalue weighted by Crippen LogP contribution is 2.37. The fourth-order valence-electron chi connectivity index (χ4n) is 4.10. The molecule has 3 aromatic heterocycles. The van der Waals surface area contributed by atoms with Crippen LogP contribution in [0.4, 0.5) is 14.5 Å². The third kappa shape index (κ3) is 5.78. The van der Waals surface area contributed by atoms with E-state index < -0.39 is 29.7 Å². The number of carbonyl (C=O) groups excluding carboxylic acids is 2. The predicted molar refractivity (Wildman–Crippen MR) is 119 cm³/mol. The molecule has 0 radical (unpaired) electrons. The lowest BCUT2D eigenvalue weighted by Crippen LogP contribution is -2.50. The Balaban J connectivity index is 1.49. The van der Waals surface area contributed by atoms with Gasteiger partial charge in [0.15, 0.2) is 5.69 Å². The molecular formula is C22H25F2N7O4. The minimum atomic E-state index is -2.79. The topological polar surface area (TPSA) is 148 Å². The second-order valence-electron chi connectivity index (χ2n) is 8.50. The van der Waals surface area contributed by atoms with Crippen molar-refractivity contribution in [1.82, 2.24) is 30.4 Å². The first-order chi connectivity index (χ1) is 16.8. The molecule has 0 saturated heterocycles. The van der Waals surface area contributed by atoms with E-state index in [1.54, 1.807) is 19.1 Å². The van der Waals surface area contributed by atoms with Gasteiger partial charge in [-0.05, 0) is 36.4 Å². The van der Waals surface area contributed by atoms with Gasteiger partial charge < -0.3 is 15.6 Å². The van der Waals surface area contributed by atoms with Crippen LogP contribution in [-0.2, 0) is 17.8 Å². The molecule has 1 aliphatic rings. The molecule has 186 valence electrons. The number of pyridine rings is 1. The third-order valence-electron chi connectivity index (χ3n) is 6.04. The number of halogens is 2. The normalized spacial score (nSPS) is 16.5. The molecule has 1 aliphatic carbocycles. The van der Waals surface area contributed by atoms with E-state index in [-0.39, 0.29) is 43.5 Å². The summed E-state index contributed by atoms with van der Waals surface area (Å²) in [5.41, 5.74) is 0.843. The van der Waals surface area contributed by atoms with Crippen molar-refractivity contribution in [2.75, 3.05) is 5.32 Å². The van der Waals surface area contributed by atoms with Crippen LogP contribution in [0.1, 0.15) is 54.4 Å². The molecule has 3 aromatic rings. The minimum absolute atomic E-state index is 0.0488. The number of nitrogens with zero attached hydrogens (tertiary/aromatic N) is 4. The van der Waals surface area contributed by atoms with E-state index in [0.29, 0.717) is 23.4 Å². The molecule has 35 heavy (non-hydrogen) atoms. The van der Waals surface area contributed by atoms with Gasteiger partial charge in [-0.2, -0.15) is 5.10 Å². The number of nitrogens with one attached hydrogen (secondary N) is 3. The van der Waals surface area contributed by atoms with Gasteiger partial charge in [0.05, 0.1) is 18.4 Å². The molecular weight excluding hydrogens is 464 g/mol. The van der Waals surface area contributed by atoms with Crippen LogP contribution < -0.4 is 16.2 Å². The lowest BCUT2D eigenvalue weighted by atomic mass is 9.81. The zero-order valence-corrected chi connectivity index (χ0v) is 19.0. The van der Waals surface area contributed by atoms with Crippen LogP contribution in [0.25, 0.3) is 0 Å². The summed E-state index contributed by atoms with van der Waals surface area (Å²) in [6.07, 6.45) is 4.25. The highest BCUT2D eigenvalue weighted by molar-refractivity contribution is 6.00. The van der Waals surface area contributed by atoms with Gasteiger partial charge in [-0.15, -0.1) is 0 Å². The van der Waals surface area contributed by atoms with Crippen LogP contribution >= 0.6 is 0 Å². The second kappa shape index (κ2) is 10.2. The van der Waals surface area contributed by atoms with Crippen molar-refractivity contribution >= 4 is 17.5 Å². The van der Waals surface area contributed by atoms with Crippen molar-refractivity contribution in [1.29, 1.82) is 0 Å². The van der Waals surface area contributed by atoms with Crippen molar-refractivity contribution in [3.05, 3.63) is 58.0 Å². The number of aromatic amines is 1. The quantitative estimate of drug-likeness (QED) is 0.439. The van der Waals surface area contributed by atoms with E-state index in [9.17, 15) is 23.2 Å². The molecule has 3 N–H and O–H groups in total. The summed E-state index contributed by atoms with van der Waals surface area (Å²) >= 11 is 0. The first-order valence-electron chi connectivity index (χ1n) is 11.3. The number of aryl methyl sites for hydroxylation is 1. The summed E-state index contributed by atoms with van der Waals surface area (Å²) in [5.74, 6) is -4.52. The van der Waals surface area contributed by atoms with Crippen molar-refractivity contribution in [2.24, 2.45) is 5.92 Å². The Morgan fingerprint density at radius 3 is 2.80 bits per heavy atom. The Morgan fingerprint density at radius 1 is 1.31 bits per heavy atom. The van der Waals surface area contributed by atoms with Crippen LogP contribution in [0.15, 0.2) is 40.1 Å². The molecule has 1 atom stereocenters. The number of rotatable bonds is 8. The molecule has 1 saturated carbocycles. The van der Waals surface area contributed by atoms with Crippen LogP contribution in [0.5, 0.6) is 0 Å². The summed E-state index contributed by atoms with van der Waals surface area (Å²) in [6.45, 7) is 1.95. The Bertz CT molecular complexity index is 1240. The molecule has 3 heterocycles. The van der Waals surface area contributed by atoms with Crippen LogP contribution in [0.2, 0.25) is 0 Å². The molecule has 13 heteroatoms. The molecule has 4 rings (SSSR count). The monoisotopic (exact) mass is 489 g/mol. The number of H-pyrrole nitrogens is 1. The summed E-state index contributed by atoms with van der Waals surface area (Å²) in [4.78, 5) is 40.5. The zero-order valence-electron chi connectivity index (χ0n) is 19.0. The Morgan fingerprint density at radius 2 is 2.09 bits per heavy atom. The van der Waals surface area contributed by atoms with Gasteiger partial charge in [0, 0.05) is 30.8 Å². The second-order valence-corrected chi connectivity index (χ2v) is 8.50. The third-order valence-corrected chi connectivity index (χ3v) is 6.04. The zero-order chi connectivity index (χ0) is 25.0. The fraction of sp³-hybridized carbons (Fsp3) is 0.455. The molecule has 11 nitrogen and oxygen atoms in total. The number of amides is 2. The molecule has 2 amide bonds. The maximum absolute atomic E-state index is 13.7. The predicted octanol–water partition coefficient (Wildman–Crippen LogP) is 2.13. The molecule has 0 spiro atoms. The maximum Gasteiger partial charge on any atom is 0.276 e. The summed E-state index contributed by atoms with van der Waals surface area (Å²) < 4.78 is 33.6. The van der Waals surface area contributed by atoms with Gasteiger partial charge in [0.2, 0.25) is 11.8 Å². The largest absolute Gasteiger partial charge is 0.338 e. The van der Waals surface area contributed by atoms with Gasteiger partial charge in [0.25, 0.3) is 11.5 Å². The average molecular weight is 489 g/mol. The first kappa shape index (κ1) is 24.2. The van der Waals surface area contributed by atoms with E-state index in [1.165, 1.54) is 23.3 Å². The molecule has 0 unspecified atom stereocenters. The van der Waals surface area contributed by atoms with Gasteiger partial charge in [0.1, 0.15) is 11.7 Å². The molecule has 0 bridgehead atoms. The van der Waals surface area contributed by atoms with Gasteiger partial charge >= 0.3 is 0 Å². The summed E-state index contributed by atoms with van der Waals surface area (Å²) in [6, 6.07) is 2.27. The van der Waals surface area contributed by atoms with E-state index in [1.807, 2.05) is 0 Å². The smallest absolute Gasteiger partial charge is 0.276 e. The van der Waals surface area contributed by atoms with E-state index in [4.69, 9.17) is 0 Å². The number of carbonyl (C=O) groups is 2. The van der Waals surface area contributed by atoms with E-state index in [0.717, 1.165) is 0 Å². The van der Waals surface area contributed by atoms with Crippen LogP contribution in [0, 0.1) is 5.92 Å². The van der Waals surface area contributed by atoms with Gasteiger partial charge in [-0.3, -0.25) is 19.1 Å². The number of anilines is 1. The van der Waals surface area contributed by atoms with Crippen LogP contribution in [-0.4, -0.2) is 48.9 Å². The lowest BCUT2D eigenvalue weighted by molar-refractivity contribution is -0.121. The summed E-state index contributed by atoms with van der Waals surface area (Å²) in [5, 5.41) is 16.8. The van der Waals surface area contributed by atoms with Crippen molar-refractivity contribution in [2.45, 2.75) is 57.5 Å². The average Bonchev–Trinajstić information content (AvgIpc) is 3.48. The van der Waals surface area contributed by atoms with Crippen molar-refractivity contribution < 1.29 is 23.0 Å². The number of aromatic nitrogens is 5. The number of hydrogen-bond donors (Lipinski definition) is 3. The highest BCUT2D eigenvalue weighted by Gasteiger charge is 2.40. The van der Waals surface area contributed by atoms with E-state index >= 15 is 0 Å². The lowest BCUT2D eigenvalue weighted by Gasteiger charge is -2.33.